The highest BCUT2D eigenvalue weighted by Crippen LogP contribution is 2.40. The van der Waals surface area contributed by atoms with E-state index in [1.165, 1.54) is 40.4 Å². The van der Waals surface area contributed by atoms with Crippen LogP contribution in [-0.4, -0.2) is 4.57 Å². The maximum Gasteiger partial charge on any atom is 0.0484 e. The second-order valence-corrected chi connectivity index (χ2v) is 5.97. The number of nitrogens with zero attached hydrogens (tertiary/aromatic N) is 1. The molecule has 1 aromatic heterocycles. The van der Waals surface area contributed by atoms with E-state index in [0.717, 1.165) is 12.8 Å². The second kappa shape index (κ2) is 3.86. The molecule has 0 saturated heterocycles. The van der Waals surface area contributed by atoms with E-state index in [0.29, 0.717) is 0 Å². The fourth-order valence-corrected chi connectivity index (χ4v) is 3.31. The Morgan fingerprint density at radius 1 is 1.11 bits per heavy atom. The van der Waals surface area contributed by atoms with Crippen LogP contribution in [0.4, 0.5) is 0 Å². The first-order valence-corrected chi connectivity index (χ1v) is 6.87. The Bertz CT molecular complexity index is 601. The Kier molecular flexibility index (Phi) is 2.53. The minimum absolute atomic E-state index is 0.0960. The highest BCUT2D eigenvalue weighted by atomic mass is 14.9. The van der Waals surface area contributed by atoms with Gasteiger partial charge >= 0.3 is 0 Å². The van der Waals surface area contributed by atoms with Crippen molar-refractivity contribution in [3.8, 4) is 0 Å². The molecule has 1 aromatic carbocycles. The zero-order chi connectivity index (χ0) is 12.9. The number of benzene rings is 1. The molecule has 0 spiro atoms. The Hall–Kier alpha value is -1.28. The van der Waals surface area contributed by atoms with Gasteiger partial charge in [-0.05, 0) is 55.5 Å². The van der Waals surface area contributed by atoms with Crippen LogP contribution in [0.5, 0.6) is 0 Å². The lowest BCUT2D eigenvalue weighted by molar-refractivity contribution is 0.464. The molecule has 0 atom stereocenters. The van der Waals surface area contributed by atoms with Crippen molar-refractivity contribution >= 4 is 10.9 Å². The average Bonchev–Trinajstić information content (AvgIpc) is 2.88. The van der Waals surface area contributed by atoms with Crippen LogP contribution >= 0.6 is 0 Å². The summed E-state index contributed by atoms with van der Waals surface area (Å²) in [6, 6.07) is 4.60. The van der Waals surface area contributed by atoms with Gasteiger partial charge in [-0.25, -0.2) is 0 Å². The zero-order valence-corrected chi connectivity index (χ0v) is 11.6. The van der Waals surface area contributed by atoms with E-state index in [9.17, 15) is 0 Å². The van der Waals surface area contributed by atoms with Crippen molar-refractivity contribution in [3.63, 3.8) is 0 Å². The molecule has 0 unspecified atom stereocenters. The van der Waals surface area contributed by atoms with E-state index in [1.807, 2.05) is 0 Å². The average molecular weight is 242 g/mol. The van der Waals surface area contributed by atoms with E-state index in [1.54, 1.807) is 0 Å². The summed E-state index contributed by atoms with van der Waals surface area (Å²) in [5.41, 5.74) is 11.9. The van der Waals surface area contributed by atoms with Crippen LogP contribution in [0.3, 0.4) is 0 Å². The predicted octanol–water partition coefficient (Wildman–Crippen LogP) is 3.52. The molecule has 0 amide bonds. The Morgan fingerprint density at radius 2 is 1.72 bits per heavy atom. The molecule has 0 aliphatic heterocycles. The van der Waals surface area contributed by atoms with Gasteiger partial charge in [0.25, 0.3) is 0 Å². The lowest BCUT2D eigenvalue weighted by Crippen LogP contribution is -2.32. The van der Waals surface area contributed by atoms with Gasteiger partial charge in [0.15, 0.2) is 0 Å². The lowest BCUT2D eigenvalue weighted by atomic mass is 9.88. The molecule has 1 saturated carbocycles. The molecule has 2 aromatic rings. The Labute approximate surface area is 109 Å². The van der Waals surface area contributed by atoms with Crippen LogP contribution in [0.2, 0.25) is 0 Å². The van der Waals surface area contributed by atoms with Crippen molar-refractivity contribution in [2.45, 2.75) is 45.1 Å². The Morgan fingerprint density at radius 3 is 2.39 bits per heavy atom. The summed E-state index contributed by atoms with van der Waals surface area (Å²) in [4.78, 5) is 0. The van der Waals surface area contributed by atoms with Crippen LogP contribution in [0.1, 0.15) is 42.4 Å². The quantitative estimate of drug-likeness (QED) is 0.815. The normalized spacial score (nSPS) is 18.7. The van der Waals surface area contributed by atoms with Gasteiger partial charge in [0.2, 0.25) is 0 Å². The summed E-state index contributed by atoms with van der Waals surface area (Å²) < 4.78 is 2.23. The number of fused-ring (bicyclic) bond motifs is 1. The predicted molar refractivity (Wildman–Crippen MR) is 76.7 cm³/mol. The summed E-state index contributed by atoms with van der Waals surface area (Å²) in [6.07, 6.45) is 7.02. The lowest BCUT2D eigenvalue weighted by Gasteiger charge is -2.23. The van der Waals surface area contributed by atoms with E-state index in [-0.39, 0.29) is 5.54 Å². The summed E-state index contributed by atoms with van der Waals surface area (Å²) in [5.74, 6) is 0. The SMILES string of the molecule is Cc1cc2c(C3(N)CCCC3)cn(C)c2cc1C. The largest absolute Gasteiger partial charge is 0.350 e. The van der Waals surface area contributed by atoms with Crippen molar-refractivity contribution in [2.75, 3.05) is 0 Å². The molecule has 1 aliphatic rings. The number of aryl methyl sites for hydroxylation is 3. The van der Waals surface area contributed by atoms with E-state index < -0.39 is 0 Å². The van der Waals surface area contributed by atoms with E-state index >= 15 is 0 Å². The minimum Gasteiger partial charge on any atom is -0.350 e. The van der Waals surface area contributed by atoms with Crippen LogP contribution in [-0.2, 0) is 12.6 Å². The van der Waals surface area contributed by atoms with Crippen LogP contribution in [0.15, 0.2) is 18.3 Å². The Balaban J connectivity index is 2.27. The van der Waals surface area contributed by atoms with E-state index in [4.69, 9.17) is 5.73 Å². The molecule has 2 heteroatoms. The molecule has 18 heavy (non-hydrogen) atoms. The minimum atomic E-state index is -0.0960. The molecule has 2 nitrogen and oxygen atoms in total. The van der Waals surface area contributed by atoms with Gasteiger partial charge in [0.05, 0.1) is 0 Å². The van der Waals surface area contributed by atoms with Gasteiger partial charge in [-0.2, -0.15) is 0 Å². The molecular formula is C16H22N2. The molecular weight excluding hydrogens is 220 g/mol. The smallest absolute Gasteiger partial charge is 0.0484 e. The zero-order valence-electron chi connectivity index (χ0n) is 11.6. The first-order valence-electron chi connectivity index (χ1n) is 6.87. The van der Waals surface area contributed by atoms with Gasteiger partial charge in [0, 0.05) is 29.7 Å². The monoisotopic (exact) mass is 242 g/mol. The highest BCUT2D eigenvalue weighted by molar-refractivity contribution is 5.86. The van der Waals surface area contributed by atoms with Crippen molar-refractivity contribution in [1.29, 1.82) is 0 Å². The fourth-order valence-electron chi connectivity index (χ4n) is 3.31. The third kappa shape index (κ3) is 1.59. The van der Waals surface area contributed by atoms with Crippen molar-refractivity contribution in [3.05, 3.63) is 35.0 Å². The number of hydrogen-bond donors (Lipinski definition) is 1. The molecule has 2 N–H and O–H groups in total. The third-order valence-corrected chi connectivity index (χ3v) is 4.64. The molecule has 1 aliphatic carbocycles. The first kappa shape index (κ1) is 11.8. The number of aromatic nitrogens is 1. The van der Waals surface area contributed by atoms with E-state index in [2.05, 4.69) is 43.8 Å². The van der Waals surface area contributed by atoms with Crippen molar-refractivity contribution < 1.29 is 0 Å². The number of hydrogen-bond acceptors (Lipinski definition) is 1. The first-order chi connectivity index (χ1) is 8.51. The summed E-state index contributed by atoms with van der Waals surface area (Å²) >= 11 is 0. The van der Waals surface area contributed by atoms with Gasteiger partial charge in [0.1, 0.15) is 0 Å². The van der Waals surface area contributed by atoms with Crippen LogP contribution < -0.4 is 5.73 Å². The molecule has 0 bridgehead atoms. The maximum atomic E-state index is 6.63. The van der Waals surface area contributed by atoms with Crippen LogP contribution in [0.25, 0.3) is 10.9 Å². The topological polar surface area (TPSA) is 30.9 Å². The molecule has 3 rings (SSSR count). The summed E-state index contributed by atoms with van der Waals surface area (Å²) in [7, 11) is 2.12. The number of rotatable bonds is 1. The maximum absolute atomic E-state index is 6.63. The standard InChI is InChI=1S/C16H22N2/c1-11-8-13-14(16(17)6-4-5-7-16)10-18(3)15(13)9-12(11)2/h8-10H,4-7,17H2,1-3H3. The molecule has 1 fully saturated rings. The van der Waals surface area contributed by atoms with Gasteiger partial charge < -0.3 is 10.3 Å². The highest BCUT2D eigenvalue weighted by Gasteiger charge is 2.33. The fraction of sp³-hybridized carbons (Fsp3) is 0.500. The van der Waals surface area contributed by atoms with Crippen molar-refractivity contribution in [1.82, 2.24) is 4.57 Å². The molecule has 96 valence electrons. The van der Waals surface area contributed by atoms with Gasteiger partial charge in [-0.15, -0.1) is 0 Å². The number of nitrogens with two attached hydrogens (primary N) is 1. The summed E-state index contributed by atoms with van der Waals surface area (Å²) in [5, 5.41) is 1.35. The van der Waals surface area contributed by atoms with Crippen molar-refractivity contribution in [2.24, 2.45) is 12.8 Å². The summed E-state index contributed by atoms with van der Waals surface area (Å²) in [6.45, 7) is 4.36. The second-order valence-electron chi connectivity index (χ2n) is 5.97. The van der Waals surface area contributed by atoms with Gasteiger partial charge in [-0.1, -0.05) is 12.8 Å². The van der Waals surface area contributed by atoms with Crippen LogP contribution in [0, 0.1) is 13.8 Å². The third-order valence-electron chi connectivity index (χ3n) is 4.64. The van der Waals surface area contributed by atoms with Gasteiger partial charge in [-0.3, -0.25) is 0 Å². The molecule has 1 heterocycles. The molecule has 0 radical (unpaired) electrons.